The number of carbonyl (C=O) groups is 1. The van der Waals surface area contributed by atoms with Crippen molar-refractivity contribution in [3.05, 3.63) is 82.4 Å². The van der Waals surface area contributed by atoms with Gasteiger partial charge in [0.25, 0.3) is 0 Å². The number of carboxylic acid groups (broad SMARTS) is 1. The van der Waals surface area contributed by atoms with E-state index in [1.807, 2.05) is 18.2 Å². The summed E-state index contributed by atoms with van der Waals surface area (Å²) in [7, 11) is 0. The summed E-state index contributed by atoms with van der Waals surface area (Å²) in [5, 5.41) is 10.00. The number of fused-ring (bicyclic) bond motifs is 5. The van der Waals surface area contributed by atoms with Crippen molar-refractivity contribution in [3.63, 3.8) is 0 Å². The molecule has 42 heavy (non-hydrogen) atoms. The quantitative estimate of drug-likeness (QED) is 0.352. The molecule has 0 aliphatic carbocycles. The van der Waals surface area contributed by atoms with Gasteiger partial charge in [-0.25, -0.2) is 14.2 Å². The number of para-hydroxylation sites is 1. The molecule has 2 fully saturated rings. The van der Waals surface area contributed by atoms with Crippen molar-refractivity contribution >= 4 is 34.3 Å². The summed E-state index contributed by atoms with van der Waals surface area (Å²) in [6, 6.07) is 15.6. The zero-order valence-corrected chi connectivity index (χ0v) is 23.3. The third-order valence-electron chi connectivity index (χ3n) is 8.95. The van der Waals surface area contributed by atoms with Crippen LogP contribution in [0.5, 0.6) is 11.5 Å². The van der Waals surface area contributed by atoms with E-state index in [9.17, 15) is 14.3 Å². The summed E-state index contributed by atoms with van der Waals surface area (Å²) < 4.78 is 35.6. The predicted molar refractivity (Wildman–Crippen MR) is 153 cm³/mol. The van der Waals surface area contributed by atoms with Crippen LogP contribution in [0.1, 0.15) is 40.3 Å². The normalized spacial score (nSPS) is 25.0. The van der Waals surface area contributed by atoms with E-state index in [1.165, 1.54) is 6.07 Å². The lowest BCUT2D eigenvalue weighted by atomic mass is 9.91. The van der Waals surface area contributed by atoms with Gasteiger partial charge in [-0.3, -0.25) is 4.90 Å². The Balaban J connectivity index is 1.14. The number of hydrogen-bond acceptors (Lipinski definition) is 7. The van der Waals surface area contributed by atoms with Crippen molar-refractivity contribution < 1.29 is 28.5 Å². The largest absolute Gasteiger partial charge is 0.485 e. The van der Waals surface area contributed by atoms with E-state index in [0.29, 0.717) is 41.8 Å². The summed E-state index contributed by atoms with van der Waals surface area (Å²) in [5.41, 5.74) is 3.15. The van der Waals surface area contributed by atoms with E-state index in [4.69, 9.17) is 30.8 Å². The van der Waals surface area contributed by atoms with Crippen LogP contribution in [-0.4, -0.2) is 70.5 Å². The highest BCUT2D eigenvalue weighted by Crippen LogP contribution is 2.46. The van der Waals surface area contributed by atoms with Crippen molar-refractivity contribution in [2.24, 2.45) is 0 Å². The van der Waals surface area contributed by atoms with Crippen molar-refractivity contribution in [2.75, 3.05) is 37.7 Å². The van der Waals surface area contributed by atoms with Crippen LogP contribution < -0.4 is 14.4 Å². The summed E-state index contributed by atoms with van der Waals surface area (Å²) in [5.74, 6) is 0.777. The Hall–Kier alpha value is -3.86. The number of nitrogens with zero attached hydrogens (tertiary/aromatic N) is 4. The highest BCUT2D eigenvalue weighted by molar-refractivity contribution is 6.30. The number of ether oxygens (including phenoxy) is 3. The molecule has 4 aromatic rings. The number of anilines is 1. The minimum atomic E-state index is -0.960. The predicted octanol–water partition coefficient (Wildman–Crippen LogP) is 5.07. The number of piperazine rings is 1. The van der Waals surface area contributed by atoms with Crippen LogP contribution >= 0.6 is 11.6 Å². The Kier molecular flexibility index (Phi) is 6.06. The van der Waals surface area contributed by atoms with Crippen LogP contribution in [0.3, 0.4) is 0 Å². The molecular weight excluding hydrogens is 563 g/mol. The van der Waals surface area contributed by atoms with Crippen LogP contribution in [-0.2, 0) is 11.3 Å². The van der Waals surface area contributed by atoms with Crippen LogP contribution in [0, 0.1) is 5.82 Å². The van der Waals surface area contributed by atoms with Crippen LogP contribution in [0.25, 0.3) is 11.0 Å². The number of benzene rings is 3. The second-order valence-corrected chi connectivity index (χ2v) is 11.7. The van der Waals surface area contributed by atoms with Crippen molar-refractivity contribution in [1.82, 2.24) is 14.5 Å². The van der Waals surface area contributed by atoms with Gasteiger partial charge in [-0.1, -0.05) is 23.7 Å². The molecule has 0 radical (unpaired) electrons. The average molecular weight is 591 g/mol. The number of aromatic carboxylic acids is 1. The van der Waals surface area contributed by atoms with Crippen LogP contribution in [0.4, 0.5) is 10.1 Å². The fourth-order valence-electron chi connectivity index (χ4n) is 6.84. The van der Waals surface area contributed by atoms with Gasteiger partial charge in [0.15, 0.2) is 17.6 Å². The van der Waals surface area contributed by atoms with Gasteiger partial charge < -0.3 is 28.8 Å². The Labute approximate surface area is 246 Å². The zero-order valence-electron chi connectivity index (χ0n) is 22.6. The first-order valence-corrected chi connectivity index (χ1v) is 14.5. The number of hydrogen-bond donors (Lipinski definition) is 1. The van der Waals surface area contributed by atoms with Gasteiger partial charge >= 0.3 is 5.97 Å². The van der Waals surface area contributed by atoms with Crippen LogP contribution in [0.15, 0.2) is 54.6 Å². The molecule has 4 unspecified atom stereocenters. The summed E-state index contributed by atoms with van der Waals surface area (Å²) in [6.07, 6.45) is 0.328. The molecule has 1 aromatic heterocycles. The lowest BCUT2D eigenvalue weighted by molar-refractivity contribution is -0.107. The standard InChI is InChI=1S/C31H28ClFN4O5/c32-18-5-6-19(20(33)13-18)27-16-41-26-3-1-2-22(30(26)42-27)35-9-10-36-15-28-34-21-7-4-17(31(38)39)12-23(21)37(28)29(24(36)14-35)25-8-11-40-25/h1-7,12-13,24-25,27,29H,8-11,14-16H2,(H,38,39). The number of aromatic nitrogens is 2. The third kappa shape index (κ3) is 4.11. The molecule has 1 N–H and O–H groups in total. The van der Waals surface area contributed by atoms with Gasteiger partial charge in [-0.05, 0) is 48.9 Å². The van der Waals surface area contributed by atoms with Gasteiger partial charge in [-0.2, -0.15) is 0 Å². The van der Waals surface area contributed by atoms with Crippen LogP contribution in [0.2, 0.25) is 5.02 Å². The maximum Gasteiger partial charge on any atom is 0.335 e. The van der Waals surface area contributed by atoms with Gasteiger partial charge in [-0.15, -0.1) is 0 Å². The second kappa shape index (κ2) is 9.86. The van der Waals surface area contributed by atoms with Crippen molar-refractivity contribution in [2.45, 2.75) is 37.3 Å². The molecule has 0 amide bonds. The topological polar surface area (TPSA) is 89.3 Å². The number of halogens is 2. The van der Waals surface area contributed by atoms with Gasteiger partial charge in [0.2, 0.25) is 0 Å². The second-order valence-electron chi connectivity index (χ2n) is 11.3. The molecule has 0 spiro atoms. The molecule has 5 heterocycles. The fourth-order valence-corrected chi connectivity index (χ4v) is 7.00. The molecule has 216 valence electrons. The van der Waals surface area contributed by atoms with Crippen molar-refractivity contribution in [1.29, 1.82) is 0 Å². The molecule has 11 heteroatoms. The molecule has 0 bridgehead atoms. The Morgan fingerprint density at radius 3 is 2.79 bits per heavy atom. The Morgan fingerprint density at radius 2 is 2.00 bits per heavy atom. The first-order valence-electron chi connectivity index (χ1n) is 14.2. The van der Waals surface area contributed by atoms with Gasteiger partial charge in [0.05, 0.1) is 47.0 Å². The van der Waals surface area contributed by atoms with E-state index >= 15 is 0 Å². The first kappa shape index (κ1) is 25.8. The lowest BCUT2D eigenvalue weighted by Crippen LogP contribution is -2.61. The molecule has 4 aliphatic heterocycles. The van der Waals surface area contributed by atoms with E-state index in [0.717, 1.165) is 42.1 Å². The average Bonchev–Trinajstić information content (AvgIpc) is 3.32. The minimum Gasteiger partial charge on any atom is -0.485 e. The summed E-state index contributed by atoms with van der Waals surface area (Å²) >= 11 is 5.98. The van der Waals surface area contributed by atoms with E-state index in [1.54, 1.807) is 30.3 Å². The van der Waals surface area contributed by atoms with E-state index < -0.39 is 17.9 Å². The monoisotopic (exact) mass is 590 g/mol. The number of imidazole rings is 1. The Morgan fingerprint density at radius 1 is 1.12 bits per heavy atom. The van der Waals surface area contributed by atoms with E-state index in [2.05, 4.69) is 14.4 Å². The number of rotatable bonds is 4. The smallest absolute Gasteiger partial charge is 0.335 e. The first-order chi connectivity index (χ1) is 20.4. The molecule has 8 rings (SSSR count). The maximum atomic E-state index is 14.8. The minimum absolute atomic E-state index is 0.00363. The lowest BCUT2D eigenvalue weighted by Gasteiger charge is -2.52. The Bertz CT molecular complexity index is 1730. The zero-order chi connectivity index (χ0) is 28.5. The SMILES string of the molecule is O=C(O)c1ccc2nc3n(c2c1)C(C1CCO1)C1CN(c2cccc4c2OC(c2ccc(Cl)cc2F)CO4)CCN1C3. The van der Waals surface area contributed by atoms with Gasteiger partial charge in [0.1, 0.15) is 18.2 Å². The van der Waals surface area contributed by atoms with Gasteiger partial charge in [0, 0.05) is 36.8 Å². The highest BCUT2D eigenvalue weighted by Gasteiger charge is 2.46. The summed E-state index contributed by atoms with van der Waals surface area (Å²) in [4.78, 5) is 21.5. The molecule has 2 saturated heterocycles. The van der Waals surface area contributed by atoms with Crippen molar-refractivity contribution in [3.8, 4) is 11.5 Å². The molecule has 0 saturated carbocycles. The summed E-state index contributed by atoms with van der Waals surface area (Å²) in [6.45, 7) is 3.84. The molecule has 4 atom stereocenters. The molecule has 3 aromatic carbocycles. The fraction of sp³-hybridized carbons (Fsp3) is 0.355. The highest BCUT2D eigenvalue weighted by atomic mass is 35.5. The molecule has 4 aliphatic rings. The third-order valence-corrected chi connectivity index (χ3v) is 9.19. The molecular formula is C31H28ClFN4O5. The molecule has 9 nitrogen and oxygen atoms in total. The number of carboxylic acids is 1. The van der Waals surface area contributed by atoms with E-state index in [-0.39, 0.29) is 30.4 Å². The maximum absolute atomic E-state index is 14.8.